The average Bonchev–Trinajstić information content (AvgIpc) is 2.94. The smallest absolute Gasteiger partial charge is 0.328 e. The molecule has 1 aliphatic carbocycles. The summed E-state index contributed by atoms with van der Waals surface area (Å²) in [5.74, 6) is -1.08. The van der Waals surface area contributed by atoms with Crippen LogP contribution < -0.4 is 4.72 Å². The second-order valence-corrected chi connectivity index (χ2v) is 7.45. The number of nitrogens with one attached hydrogen (secondary N) is 1. The first-order valence-corrected chi connectivity index (χ1v) is 9.02. The molecule has 0 unspecified atom stereocenters. The fraction of sp³-hybridized carbons (Fsp3) is 0.167. The van der Waals surface area contributed by atoms with E-state index >= 15 is 0 Å². The second-order valence-electron chi connectivity index (χ2n) is 5.74. The SMILES string of the molecule is O=C(O)C=Cc1cccc(S(=O)(=O)NC2Cc3ccccc3C2)c1. The number of carboxylic acids is 1. The molecule has 3 rings (SSSR count). The van der Waals surface area contributed by atoms with Crippen LogP contribution in [0.5, 0.6) is 0 Å². The lowest BCUT2D eigenvalue weighted by Gasteiger charge is -2.13. The molecule has 0 atom stereocenters. The summed E-state index contributed by atoms with van der Waals surface area (Å²) in [5, 5.41) is 8.66. The largest absolute Gasteiger partial charge is 0.478 e. The highest BCUT2D eigenvalue weighted by Crippen LogP contribution is 2.23. The number of hydrogen-bond acceptors (Lipinski definition) is 3. The van der Waals surface area contributed by atoms with Crippen molar-refractivity contribution in [2.24, 2.45) is 0 Å². The fourth-order valence-corrected chi connectivity index (χ4v) is 4.17. The van der Waals surface area contributed by atoms with Gasteiger partial charge < -0.3 is 5.11 Å². The van der Waals surface area contributed by atoms with E-state index in [1.54, 1.807) is 12.1 Å². The van der Waals surface area contributed by atoms with Gasteiger partial charge in [-0.05, 0) is 47.7 Å². The number of hydrogen-bond donors (Lipinski definition) is 2. The number of fused-ring (bicyclic) bond motifs is 1. The van der Waals surface area contributed by atoms with E-state index in [0.717, 1.165) is 6.08 Å². The molecule has 2 aromatic carbocycles. The van der Waals surface area contributed by atoms with Crippen molar-refractivity contribution < 1.29 is 18.3 Å². The quantitative estimate of drug-likeness (QED) is 0.816. The van der Waals surface area contributed by atoms with Gasteiger partial charge in [0.25, 0.3) is 0 Å². The third kappa shape index (κ3) is 3.72. The van der Waals surface area contributed by atoms with Gasteiger partial charge in [0, 0.05) is 12.1 Å². The molecule has 124 valence electrons. The zero-order valence-corrected chi connectivity index (χ0v) is 13.7. The fourth-order valence-electron chi connectivity index (χ4n) is 2.88. The van der Waals surface area contributed by atoms with Crippen LogP contribution in [0.1, 0.15) is 16.7 Å². The number of carbonyl (C=O) groups is 1. The minimum atomic E-state index is -3.65. The van der Waals surface area contributed by atoms with E-state index in [2.05, 4.69) is 4.72 Å². The van der Waals surface area contributed by atoms with E-state index < -0.39 is 16.0 Å². The van der Waals surface area contributed by atoms with Crippen LogP contribution in [0.4, 0.5) is 0 Å². The zero-order chi connectivity index (χ0) is 17.2. The van der Waals surface area contributed by atoms with Crippen LogP contribution >= 0.6 is 0 Å². The van der Waals surface area contributed by atoms with Crippen molar-refractivity contribution in [1.29, 1.82) is 0 Å². The van der Waals surface area contributed by atoms with Gasteiger partial charge in [0.05, 0.1) is 4.90 Å². The van der Waals surface area contributed by atoms with Crippen molar-refractivity contribution in [2.45, 2.75) is 23.8 Å². The number of rotatable bonds is 5. The van der Waals surface area contributed by atoms with E-state index in [-0.39, 0.29) is 10.9 Å². The van der Waals surface area contributed by atoms with Crippen molar-refractivity contribution in [2.75, 3.05) is 0 Å². The van der Waals surface area contributed by atoms with Crippen LogP contribution in [-0.4, -0.2) is 25.5 Å². The number of aliphatic carboxylic acids is 1. The van der Waals surface area contributed by atoms with Gasteiger partial charge in [0.15, 0.2) is 0 Å². The number of sulfonamides is 1. The van der Waals surface area contributed by atoms with Crippen LogP contribution in [0.3, 0.4) is 0 Å². The minimum Gasteiger partial charge on any atom is -0.478 e. The summed E-state index contributed by atoms with van der Waals surface area (Å²) in [7, 11) is -3.65. The average molecular weight is 343 g/mol. The minimum absolute atomic E-state index is 0.131. The molecule has 1 aliphatic rings. The Kier molecular flexibility index (Phi) is 4.51. The van der Waals surface area contributed by atoms with Crippen LogP contribution in [0.25, 0.3) is 6.08 Å². The molecule has 0 amide bonds. The Balaban J connectivity index is 1.77. The molecule has 0 aromatic heterocycles. The normalized spacial score (nSPS) is 14.8. The summed E-state index contributed by atoms with van der Waals surface area (Å²) in [6.07, 6.45) is 3.70. The Morgan fingerprint density at radius 2 is 1.75 bits per heavy atom. The van der Waals surface area contributed by atoms with Gasteiger partial charge in [-0.1, -0.05) is 36.4 Å². The Morgan fingerprint density at radius 3 is 2.38 bits per heavy atom. The van der Waals surface area contributed by atoms with E-state index in [9.17, 15) is 13.2 Å². The van der Waals surface area contributed by atoms with Crippen LogP contribution in [0.15, 0.2) is 59.5 Å². The van der Waals surface area contributed by atoms with Crippen molar-refractivity contribution >= 4 is 22.1 Å². The van der Waals surface area contributed by atoms with Gasteiger partial charge >= 0.3 is 5.97 Å². The highest BCUT2D eigenvalue weighted by Gasteiger charge is 2.26. The highest BCUT2D eigenvalue weighted by molar-refractivity contribution is 7.89. The van der Waals surface area contributed by atoms with E-state index in [0.29, 0.717) is 18.4 Å². The van der Waals surface area contributed by atoms with Crippen molar-refractivity contribution in [3.63, 3.8) is 0 Å². The first kappa shape index (κ1) is 16.4. The summed E-state index contributed by atoms with van der Waals surface area (Å²) in [4.78, 5) is 10.7. The molecular formula is C18H17NO4S. The summed E-state index contributed by atoms with van der Waals surface area (Å²) in [6.45, 7) is 0. The Hall–Kier alpha value is -2.44. The number of benzene rings is 2. The molecule has 0 fully saturated rings. The maximum absolute atomic E-state index is 12.6. The van der Waals surface area contributed by atoms with Gasteiger partial charge in [-0.15, -0.1) is 0 Å². The first-order chi connectivity index (χ1) is 11.4. The molecule has 24 heavy (non-hydrogen) atoms. The Morgan fingerprint density at radius 1 is 1.08 bits per heavy atom. The molecule has 5 nitrogen and oxygen atoms in total. The molecule has 0 radical (unpaired) electrons. The standard InChI is InChI=1S/C18H17NO4S/c20-18(21)9-8-13-4-3-7-17(10-13)24(22,23)19-16-11-14-5-1-2-6-15(14)12-16/h1-10,16,19H,11-12H2,(H,20,21). The van der Waals surface area contributed by atoms with E-state index in [1.165, 1.54) is 29.3 Å². The van der Waals surface area contributed by atoms with Crippen LogP contribution in [0.2, 0.25) is 0 Å². The molecule has 0 bridgehead atoms. The summed E-state index contributed by atoms with van der Waals surface area (Å²) in [6, 6.07) is 14.0. The van der Waals surface area contributed by atoms with Gasteiger partial charge in [0.2, 0.25) is 10.0 Å². The van der Waals surface area contributed by atoms with Crippen molar-refractivity contribution in [3.05, 3.63) is 71.3 Å². The Bertz CT molecular complexity index is 878. The molecule has 0 saturated carbocycles. The predicted molar refractivity (Wildman–Crippen MR) is 91.1 cm³/mol. The molecule has 2 aromatic rings. The predicted octanol–water partition coefficient (Wildman–Crippen LogP) is 2.23. The Labute approximate surface area is 140 Å². The lowest BCUT2D eigenvalue weighted by Crippen LogP contribution is -2.35. The molecule has 6 heteroatoms. The highest BCUT2D eigenvalue weighted by atomic mass is 32.2. The van der Waals surface area contributed by atoms with Crippen molar-refractivity contribution in [3.8, 4) is 0 Å². The maximum Gasteiger partial charge on any atom is 0.328 e. The topological polar surface area (TPSA) is 83.5 Å². The molecule has 0 spiro atoms. The summed E-state index contributed by atoms with van der Waals surface area (Å²) < 4.78 is 27.9. The van der Waals surface area contributed by atoms with E-state index in [4.69, 9.17) is 5.11 Å². The molecule has 0 aliphatic heterocycles. The van der Waals surface area contributed by atoms with Gasteiger partial charge in [-0.2, -0.15) is 0 Å². The monoisotopic (exact) mass is 343 g/mol. The maximum atomic E-state index is 12.6. The summed E-state index contributed by atoms with van der Waals surface area (Å²) >= 11 is 0. The van der Waals surface area contributed by atoms with E-state index in [1.807, 2.05) is 24.3 Å². The molecule has 0 saturated heterocycles. The van der Waals surface area contributed by atoms with Crippen molar-refractivity contribution in [1.82, 2.24) is 4.72 Å². The molecule has 2 N–H and O–H groups in total. The van der Waals surface area contributed by atoms with Gasteiger partial charge in [-0.3, -0.25) is 0 Å². The molecular weight excluding hydrogens is 326 g/mol. The van der Waals surface area contributed by atoms with Crippen LogP contribution in [0, 0.1) is 0 Å². The third-order valence-corrected chi connectivity index (χ3v) is 5.48. The lowest BCUT2D eigenvalue weighted by atomic mass is 10.1. The van der Waals surface area contributed by atoms with Gasteiger partial charge in [0.1, 0.15) is 0 Å². The molecule has 0 heterocycles. The van der Waals surface area contributed by atoms with Gasteiger partial charge in [-0.25, -0.2) is 17.9 Å². The third-order valence-electron chi connectivity index (χ3n) is 3.96. The zero-order valence-electron chi connectivity index (χ0n) is 12.8. The van der Waals surface area contributed by atoms with Crippen LogP contribution in [-0.2, 0) is 27.7 Å². The second kappa shape index (κ2) is 6.59. The number of carboxylic acid groups (broad SMARTS) is 1. The summed E-state index contributed by atoms with van der Waals surface area (Å²) in [5.41, 5.74) is 2.86. The lowest BCUT2D eigenvalue weighted by molar-refractivity contribution is -0.131. The first-order valence-electron chi connectivity index (χ1n) is 7.54.